The number of hydrogen-bond acceptors (Lipinski definition) is 2. The summed E-state index contributed by atoms with van der Waals surface area (Å²) in [4.78, 5) is 13.0. The molecule has 6 heteroatoms. The van der Waals surface area contributed by atoms with Crippen LogP contribution in [0.4, 0.5) is 0 Å². The number of benzene rings is 1. The first-order valence-electron chi connectivity index (χ1n) is 5.04. The van der Waals surface area contributed by atoms with Crippen molar-refractivity contribution >= 4 is 56.4 Å². The van der Waals surface area contributed by atoms with Crippen molar-refractivity contribution < 1.29 is 4.79 Å². The molecule has 1 N–H and O–H groups in total. The lowest BCUT2D eigenvalue weighted by Crippen LogP contribution is -2.22. The van der Waals surface area contributed by atoms with Gasteiger partial charge in [0.15, 0.2) is 0 Å². The zero-order valence-electron chi connectivity index (χ0n) is 9.04. The van der Waals surface area contributed by atoms with Crippen LogP contribution in [0.1, 0.15) is 15.2 Å². The van der Waals surface area contributed by atoms with Crippen molar-refractivity contribution in [3.8, 4) is 0 Å². The van der Waals surface area contributed by atoms with E-state index in [4.69, 9.17) is 23.2 Å². The summed E-state index contributed by atoms with van der Waals surface area (Å²) < 4.78 is 1.04. The smallest absolute Gasteiger partial charge is 0.253 e. The molecule has 0 saturated heterocycles. The molecule has 0 saturated carbocycles. The van der Waals surface area contributed by atoms with E-state index in [1.54, 1.807) is 29.5 Å². The number of thiophene rings is 1. The summed E-state index contributed by atoms with van der Waals surface area (Å²) in [6.45, 7) is 0.480. The van der Waals surface area contributed by atoms with Crippen molar-refractivity contribution in [1.82, 2.24) is 5.32 Å². The van der Waals surface area contributed by atoms with Crippen molar-refractivity contribution in [3.05, 3.63) is 54.6 Å². The Morgan fingerprint density at radius 1 is 1.28 bits per heavy atom. The average molecular weight is 365 g/mol. The molecule has 1 amide bonds. The fraction of sp³-hybridized carbons (Fsp3) is 0.0833. The average Bonchev–Trinajstić information content (AvgIpc) is 2.72. The molecule has 0 aliphatic carbocycles. The van der Waals surface area contributed by atoms with Crippen LogP contribution in [0.3, 0.4) is 0 Å². The van der Waals surface area contributed by atoms with Gasteiger partial charge in [0.05, 0.1) is 20.9 Å². The molecule has 1 aromatic heterocycles. The molecule has 0 atom stereocenters. The Bertz CT molecular complexity index is 585. The largest absolute Gasteiger partial charge is 0.347 e. The van der Waals surface area contributed by atoms with E-state index in [0.717, 1.165) is 8.66 Å². The van der Waals surface area contributed by atoms with Crippen molar-refractivity contribution in [2.45, 2.75) is 6.54 Å². The van der Waals surface area contributed by atoms with Crippen LogP contribution in [0.2, 0.25) is 10.0 Å². The zero-order valence-corrected chi connectivity index (χ0v) is 13.0. The Kier molecular flexibility index (Phi) is 4.67. The van der Waals surface area contributed by atoms with Crippen LogP contribution in [-0.2, 0) is 6.54 Å². The second kappa shape index (κ2) is 6.06. The first-order valence-corrected chi connectivity index (χ1v) is 7.40. The second-order valence-corrected chi connectivity index (χ2v) is 6.90. The molecular formula is C12H8BrCl2NOS. The van der Waals surface area contributed by atoms with Crippen molar-refractivity contribution in [2.75, 3.05) is 0 Å². The molecule has 0 fully saturated rings. The molecular weight excluding hydrogens is 357 g/mol. The fourth-order valence-corrected chi connectivity index (χ4v) is 3.30. The third-order valence-electron chi connectivity index (χ3n) is 2.23. The van der Waals surface area contributed by atoms with Gasteiger partial charge in [0.1, 0.15) is 0 Å². The zero-order chi connectivity index (χ0) is 13.1. The van der Waals surface area contributed by atoms with Crippen LogP contribution in [0.15, 0.2) is 34.1 Å². The third-order valence-corrected chi connectivity index (χ3v) is 4.40. The van der Waals surface area contributed by atoms with Crippen LogP contribution in [0, 0.1) is 0 Å². The Morgan fingerprint density at radius 2 is 2.06 bits per heavy atom. The van der Waals surface area contributed by atoms with Gasteiger partial charge in [0.2, 0.25) is 0 Å². The number of carbonyl (C=O) groups is 1. The van der Waals surface area contributed by atoms with E-state index in [9.17, 15) is 4.79 Å². The Morgan fingerprint density at radius 3 is 2.67 bits per heavy atom. The van der Waals surface area contributed by atoms with Gasteiger partial charge < -0.3 is 5.32 Å². The number of amides is 1. The molecule has 1 aromatic carbocycles. The summed E-state index contributed by atoms with van der Waals surface area (Å²) in [7, 11) is 0. The maximum absolute atomic E-state index is 11.9. The van der Waals surface area contributed by atoms with E-state index in [1.807, 2.05) is 12.1 Å². The normalized spacial score (nSPS) is 10.4. The fourth-order valence-electron chi connectivity index (χ4n) is 1.38. The molecule has 2 nitrogen and oxygen atoms in total. The maximum atomic E-state index is 11.9. The van der Waals surface area contributed by atoms with Gasteiger partial charge >= 0.3 is 0 Å². The first-order chi connectivity index (χ1) is 8.56. The standard InChI is InChI=1S/C12H8BrCl2NOS/c13-11-4-2-8(18-11)6-16-12(17)9-3-1-7(14)5-10(9)15/h1-5H,6H2,(H,16,17). The van der Waals surface area contributed by atoms with Crippen molar-refractivity contribution in [1.29, 1.82) is 0 Å². The first kappa shape index (κ1) is 13.9. The highest BCUT2D eigenvalue weighted by Gasteiger charge is 2.10. The van der Waals surface area contributed by atoms with E-state index in [-0.39, 0.29) is 5.91 Å². The summed E-state index contributed by atoms with van der Waals surface area (Å²) in [5, 5.41) is 3.68. The number of hydrogen-bond donors (Lipinski definition) is 1. The maximum Gasteiger partial charge on any atom is 0.253 e. The summed E-state index contributed by atoms with van der Waals surface area (Å²) >= 11 is 16.7. The van der Waals surface area contributed by atoms with E-state index < -0.39 is 0 Å². The molecule has 94 valence electrons. The van der Waals surface area contributed by atoms with Gasteiger partial charge in [-0.15, -0.1) is 11.3 Å². The quantitative estimate of drug-likeness (QED) is 0.836. The number of carbonyl (C=O) groups excluding carboxylic acids is 1. The summed E-state index contributed by atoms with van der Waals surface area (Å²) in [6, 6.07) is 8.72. The van der Waals surface area contributed by atoms with Gasteiger partial charge in [0, 0.05) is 9.90 Å². The van der Waals surface area contributed by atoms with Crippen LogP contribution in [-0.4, -0.2) is 5.91 Å². The van der Waals surface area contributed by atoms with Crippen LogP contribution < -0.4 is 5.32 Å². The topological polar surface area (TPSA) is 29.1 Å². The molecule has 0 bridgehead atoms. The van der Waals surface area contributed by atoms with Gasteiger partial charge in [-0.3, -0.25) is 4.79 Å². The molecule has 1 heterocycles. The Hall–Kier alpha value is -0.550. The van der Waals surface area contributed by atoms with Gasteiger partial charge in [-0.25, -0.2) is 0 Å². The van der Waals surface area contributed by atoms with E-state index in [1.165, 1.54) is 0 Å². The Labute approximate surface area is 127 Å². The Balaban J connectivity index is 2.03. The molecule has 2 aromatic rings. The lowest BCUT2D eigenvalue weighted by molar-refractivity contribution is 0.0951. The third kappa shape index (κ3) is 3.48. The number of rotatable bonds is 3. The van der Waals surface area contributed by atoms with Gasteiger partial charge in [-0.2, -0.15) is 0 Å². The predicted molar refractivity (Wildman–Crippen MR) is 79.7 cm³/mol. The monoisotopic (exact) mass is 363 g/mol. The molecule has 0 unspecified atom stereocenters. The highest BCUT2D eigenvalue weighted by atomic mass is 79.9. The van der Waals surface area contributed by atoms with Crippen molar-refractivity contribution in [3.63, 3.8) is 0 Å². The van der Waals surface area contributed by atoms with E-state index >= 15 is 0 Å². The minimum Gasteiger partial charge on any atom is -0.347 e. The summed E-state index contributed by atoms with van der Waals surface area (Å²) in [5.41, 5.74) is 0.427. The minimum absolute atomic E-state index is 0.207. The van der Waals surface area contributed by atoms with Crippen LogP contribution in [0.25, 0.3) is 0 Å². The molecule has 18 heavy (non-hydrogen) atoms. The van der Waals surface area contributed by atoms with E-state index in [0.29, 0.717) is 22.2 Å². The SMILES string of the molecule is O=C(NCc1ccc(Br)s1)c1ccc(Cl)cc1Cl. The molecule has 0 radical (unpaired) electrons. The summed E-state index contributed by atoms with van der Waals surface area (Å²) in [5.74, 6) is -0.207. The summed E-state index contributed by atoms with van der Waals surface area (Å²) in [6.07, 6.45) is 0. The molecule has 0 aliphatic heterocycles. The molecule has 0 aliphatic rings. The predicted octanol–water partition coefficient (Wildman–Crippen LogP) is 4.75. The van der Waals surface area contributed by atoms with Gasteiger partial charge in [-0.1, -0.05) is 23.2 Å². The van der Waals surface area contributed by atoms with Crippen LogP contribution >= 0.6 is 50.5 Å². The van der Waals surface area contributed by atoms with Crippen LogP contribution in [0.5, 0.6) is 0 Å². The highest BCUT2D eigenvalue weighted by Crippen LogP contribution is 2.23. The highest BCUT2D eigenvalue weighted by molar-refractivity contribution is 9.11. The lowest BCUT2D eigenvalue weighted by atomic mass is 10.2. The second-order valence-electron chi connectivity index (χ2n) is 3.51. The molecule has 2 rings (SSSR count). The van der Waals surface area contributed by atoms with E-state index in [2.05, 4.69) is 21.2 Å². The van der Waals surface area contributed by atoms with Crippen molar-refractivity contribution in [2.24, 2.45) is 0 Å². The molecule has 0 spiro atoms. The number of nitrogens with one attached hydrogen (secondary N) is 1. The number of halogens is 3. The lowest BCUT2D eigenvalue weighted by Gasteiger charge is -2.05. The minimum atomic E-state index is -0.207. The van der Waals surface area contributed by atoms with Gasteiger partial charge in [0.25, 0.3) is 5.91 Å². The van der Waals surface area contributed by atoms with Gasteiger partial charge in [-0.05, 0) is 46.3 Å².